The predicted molar refractivity (Wildman–Crippen MR) is 209 cm³/mol. The van der Waals surface area contributed by atoms with Crippen molar-refractivity contribution in [3.05, 3.63) is 66.7 Å². The molecular formula is C37H49N7O9S2. The second kappa shape index (κ2) is 18.1. The zero-order valence-corrected chi connectivity index (χ0v) is 32.5. The van der Waals surface area contributed by atoms with Crippen molar-refractivity contribution in [1.82, 2.24) is 19.8 Å². The average molecular weight is 800 g/mol. The maximum Gasteiger partial charge on any atom is 0.339 e. The van der Waals surface area contributed by atoms with Gasteiger partial charge in [0.15, 0.2) is 0 Å². The number of aromatic amines is 1. The Morgan fingerprint density at radius 2 is 1.47 bits per heavy atom. The number of hydrogen-bond donors (Lipinski definition) is 4. The largest absolute Gasteiger partial charge is 0.394 e. The maximum atomic E-state index is 12.9. The number of carbonyl (C=O) groups is 1. The molecule has 4 aromatic rings. The van der Waals surface area contributed by atoms with Crippen LogP contribution in [-0.2, 0) is 29.8 Å². The van der Waals surface area contributed by atoms with Crippen molar-refractivity contribution < 1.29 is 40.2 Å². The van der Waals surface area contributed by atoms with Crippen LogP contribution >= 0.6 is 0 Å². The van der Waals surface area contributed by atoms with Gasteiger partial charge in [-0.05, 0) is 93.5 Å². The highest BCUT2D eigenvalue weighted by molar-refractivity contribution is 7.87. The predicted octanol–water partition coefficient (Wildman–Crippen LogP) is 2.89. The number of H-pyrrole nitrogens is 1. The average Bonchev–Trinajstić information content (AvgIpc) is 3.98. The number of piperazine rings is 1. The summed E-state index contributed by atoms with van der Waals surface area (Å²) in [4.78, 5) is 28.3. The lowest BCUT2D eigenvalue weighted by Crippen LogP contribution is -2.47. The summed E-state index contributed by atoms with van der Waals surface area (Å²) in [6, 6.07) is 17.8. The van der Waals surface area contributed by atoms with Crippen molar-refractivity contribution in [2.24, 2.45) is 5.92 Å². The number of aromatic nitrogens is 2. The van der Waals surface area contributed by atoms with Gasteiger partial charge in [-0.3, -0.25) is 19.6 Å². The summed E-state index contributed by atoms with van der Waals surface area (Å²) in [7, 11) is -6.02. The number of aliphatic hydroxyl groups is 1. The fourth-order valence-electron chi connectivity index (χ4n) is 6.39. The molecule has 1 amide bonds. The fraction of sp³-hybridized carbons (Fsp3) is 0.459. The number of nitrogens with zero attached hydrogens (tertiary/aromatic N) is 5. The second-order valence-electron chi connectivity index (χ2n) is 13.8. The van der Waals surface area contributed by atoms with E-state index in [9.17, 15) is 21.6 Å². The van der Waals surface area contributed by atoms with Crippen LogP contribution in [0.15, 0.2) is 76.5 Å². The first-order chi connectivity index (χ1) is 26.4. The van der Waals surface area contributed by atoms with Crippen LogP contribution in [0.2, 0.25) is 0 Å². The normalized spacial score (nSPS) is 17.4. The van der Waals surface area contributed by atoms with Gasteiger partial charge in [0.05, 0.1) is 35.7 Å². The van der Waals surface area contributed by atoms with Gasteiger partial charge in [-0.1, -0.05) is 0 Å². The number of benzene rings is 3. The van der Waals surface area contributed by atoms with Gasteiger partial charge in [0.1, 0.15) is 10.6 Å². The van der Waals surface area contributed by atoms with E-state index in [1.54, 1.807) is 48.5 Å². The summed E-state index contributed by atoms with van der Waals surface area (Å²) in [5.41, 5.74) is 3.11. The number of fused-ring (bicyclic) bond motifs is 1. The second-order valence-corrected chi connectivity index (χ2v) is 16.8. The zero-order chi connectivity index (χ0) is 39.0. The highest BCUT2D eigenvalue weighted by Gasteiger charge is 2.30. The maximum absolute atomic E-state index is 12.9. The number of nitrogens with one attached hydrogen (secondary N) is 2. The summed E-state index contributed by atoms with van der Waals surface area (Å²) in [6.07, 6.45) is 2.88. The summed E-state index contributed by atoms with van der Waals surface area (Å²) in [5.74, 6) is 0.473. The number of hydrogen-bond acceptors (Lipinski definition) is 13. The lowest BCUT2D eigenvalue weighted by Gasteiger charge is -2.36. The Morgan fingerprint density at radius 1 is 0.836 bits per heavy atom. The number of rotatable bonds is 13. The molecule has 16 nitrogen and oxygen atoms in total. The van der Waals surface area contributed by atoms with E-state index >= 15 is 0 Å². The van der Waals surface area contributed by atoms with Crippen molar-refractivity contribution in [2.75, 3.05) is 101 Å². The molecule has 1 saturated carbocycles. The third-order valence-electron chi connectivity index (χ3n) is 9.72. The summed E-state index contributed by atoms with van der Waals surface area (Å²) < 4.78 is 67.3. The molecule has 3 fully saturated rings. The molecule has 298 valence electrons. The Balaban J connectivity index is 0.000000239. The highest BCUT2D eigenvalue weighted by atomic mass is 32.2. The molecular weight excluding hydrogens is 751 g/mol. The molecule has 0 radical (unpaired) electrons. The van der Waals surface area contributed by atoms with Gasteiger partial charge in [0, 0.05) is 75.7 Å². The van der Waals surface area contributed by atoms with Crippen LogP contribution < -0.4 is 19.3 Å². The lowest BCUT2D eigenvalue weighted by atomic mass is 10.2. The summed E-state index contributed by atoms with van der Waals surface area (Å²) in [5, 5.41) is 11.5. The molecule has 0 spiro atoms. The van der Waals surface area contributed by atoms with Crippen molar-refractivity contribution >= 4 is 54.5 Å². The topological polar surface area (TPSA) is 198 Å². The number of amides is 1. The molecule has 1 aliphatic carbocycles. The minimum absolute atomic E-state index is 0.0338. The Labute approximate surface area is 321 Å². The van der Waals surface area contributed by atoms with Crippen LogP contribution in [0.3, 0.4) is 0 Å². The van der Waals surface area contributed by atoms with Crippen molar-refractivity contribution in [1.29, 1.82) is 0 Å². The van der Waals surface area contributed by atoms with E-state index in [0.29, 0.717) is 30.2 Å². The molecule has 3 aliphatic rings. The van der Waals surface area contributed by atoms with Crippen LogP contribution in [-0.4, -0.2) is 138 Å². The molecule has 2 aliphatic heterocycles. The van der Waals surface area contributed by atoms with E-state index in [1.165, 1.54) is 18.2 Å². The minimum Gasteiger partial charge on any atom is -0.394 e. The summed E-state index contributed by atoms with van der Waals surface area (Å²) >= 11 is 0. The Kier molecular flexibility index (Phi) is 13.3. The fourth-order valence-corrected chi connectivity index (χ4v) is 7.79. The lowest BCUT2D eigenvalue weighted by molar-refractivity contribution is -0.117. The van der Waals surface area contributed by atoms with Crippen LogP contribution in [0.25, 0.3) is 11.0 Å². The van der Waals surface area contributed by atoms with Gasteiger partial charge in [-0.25, -0.2) is 4.98 Å². The van der Waals surface area contributed by atoms with E-state index in [2.05, 4.69) is 41.9 Å². The first-order valence-corrected chi connectivity index (χ1v) is 21.2. The molecule has 0 bridgehead atoms. The molecule has 18 heteroatoms. The highest BCUT2D eigenvalue weighted by Crippen LogP contribution is 2.31. The summed E-state index contributed by atoms with van der Waals surface area (Å²) in [6.45, 7) is 9.22. The molecule has 7 rings (SSSR count). The standard InChI is InChI=1S/C25H31N5O6S.C12H18N2O3S/c31-14-16-35-15-13-29-9-11-30(12-10-29)19-3-6-21(7-4-19)37(33,34)36-20-5-8-22-23(17-20)27-25(26-22)28-24(32)18-1-2-18;1-13-7-2-8-14(10-9-13)11-3-5-12(6-4-11)18(15,16)17/h3-8,17-18,31H,1-2,9-16H2,(H2,26,27,28,32);3-6H,2,7-10H2,1H3,(H,15,16,17). The number of likely N-dealkylation sites (N-methyl/N-ethyl adjacent to an activating group) is 1. The van der Waals surface area contributed by atoms with Gasteiger partial charge in [-0.15, -0.1) is 0 Å². The third kappa shape index (κ3) is 11.4. The molecule has 0 unspecified atom stereocenters. The minimum atomic E-state index is -4.09. The van der Waals surface area contributed by atoms with E-state index in [4.69, 9.17) is 18.6 Å². The Bertz CT molecular complexity index is 2100. The van der Waals surface area contributed by atoms with Crippen LogP contribution in [0, 0.1) is 5.92 Å². The Hall–Kier alpha value is -4.30. The molecule has 1 aromatic heterocycles. The van der Waals surface area contributed by atoms with Crippen LogP contribution in [0.5, 0.6) is 5.75 Å². The van der Waals surface area contributed by atoms with E-state index in [0.717, 1.165) is 89.5 Å². The van der Waals surface area contributed by atoms with Gasteiger partial charge in [-0.2, -0.15) is 16.8 Å². The number of carbonyl (C=O) groups excluding carboxylic acids is 1. The molecule has 3 heterocycles. The molecule has 4 N–H and O–H groups in total. The molecule has 55 heavy (non-hydrogen) atoms. The number of imidazole rings is 1. The van der Waals surface area contributed by atoms with Gasteiger partial charge < -0.3 is 33.7 Å². The number of ether oxygens (including phenoxy) is 1. The van der Waals surface area contributed by atoms with Crippen LogP contribution in [0.1, 0.15) is 19.3 Å². The van der Waals surface area contributed by atoms with Gasteiger partial charge in [0.25, 0.3) is 10.1 Å². The first kappa shape index (κ1) is 40.4. The zero-order valence-electron chi connectivity index (χ0n) is 30.8. The monoisotopic (exact) mass is 799 g/mol. The smallest absolute Gasteiger partial charge is 0.339 e. The third-order valence-corrected chi connectivity index (χ3v) is 11.8. The van der Waals surface area contributed by atoms with Crippen molar-refractivity contribution in [3.63, 3.8) is 0 Å². The molecule has 2 saturated heterocycles. The van der Waals surface area contributed by atoms with Gasteiger partial charge in [0.2, 0.25) is 11.9 Å². The van der Waals surface area contributed by atoms with Gasteiger partial charge >= 0.3 is 10.1 Å². The van der Waals surface area contributed by atoms with E-state index < -0.39 is 20.2 Å². The van der Waals surface area contributed by atoms with E-state index in [-0.39, 0.29) is 34.0 Å². The van der Waals surface area contributed by atoms with E-state index in [1.807, 2.05) is 0 Å². The molecule has 3 aromatic carbocycles. The first-order valence-electron chi connectivity index (χ1n) is 18.4. The Morgan fingerprint density at radius 3 is 2.11 bits per heavy atom. The quantitative estimate of drug-likeness (QED) is 0.0875. The molecule has 0 atom stereocenters. The van der Waals surface area contributed by atoms with Crippen LogP contribution in [0.4, 0.5) is 17.3 Å². The number of anilines is 3. The van der Waals surface area contributed by atoms with Crippen molar-refractivity contribution in [2.45, 2.75) is 29.1 Å². The number of aliphatic hydroxyl groups excluding tert-OH is 1. The SMILES string of the molecule is CN1CCCN(c2ccc(S(=O)(=O)O)cc2)CC1.O=C(Nc1nc2ccc(OS(=O)(=O)c3ccc(N4CCN(CCOCCO)CC4)cc3)cc2[nH]1)C1CC1. The van der Waals surface area contributed by atoms with Crippen molar-refractivity contribution in [3.8, 4) is 5.75 Å².